The fraction of sp³-hybridized carbons (Fsp3) is 1.00. The van der Waals surface area contributed by atoms with Crippen LogP contribution in [0.3, 0.4) is 0 Å². The molecular weight excluding hydrogens is 222 g/mol. The summed E-state index contributed by atoms with van der Waals surface area (Å²) >= 11 is -0.463. The Labute approximate surface area is 76.4 Å². The number of rotatable bonds is 1. The van der Waals surface area contributed by atoms with Crippen LogP contribution in [0.2, 0.25) is 16.3 Å². The van der Waals surface area contributed by atoms with Crippen molar-refractivity contribution in [3.05, 3.63) is 0 Å². The summed E-state index contributed by atoms with van der Waals surface area (Å²) in [6.45, 7) is 4.63. The van der Waals surface area contributed by atoms with E-state index in [0.717, 1.165) is 4.75 Å². The van der Waals surface area contributed by atoms with E-state index in [1.54, 1.807) is 0 Å². The fourth-order valence-corrected chi connectivity index (χ4v) is 0. The summed E-state index contributed by atoms with van der Waals surface area (Å²) in [7, 11) is 0. The Morgan fingerprint density at radius 3 is 1.29 bits per heavy atom. The van der Waals surface area contributed by atoms with Gasteiger partial charge in [0.15, 0.2) is 0 Å². The van der Waals surface area contributed by atoms with Crippen molar-refractivity contribution in [3.63, 3.8) is 0 Å². The van der Waals surface area contributed by atoms with Gasteiger partial charge < -0.3 is 0 Å². The second-order valence-corrected chi connectivity index (χ2v) is 9.18. The van der Waals surface area contributed by atoms with Crippen LogP contribution in [0.25, 0.3) is 0 Å². The Kier molecular flexibility index (Phi) is 9.45. The summed E-state index contributed by atoms with van der Waals surface area (Å²) in [6.07, 6.45) is 0. The molecule has 2 radical (unpaired) electrons. The van der Waals surface area contributed by atoms with Crippen LogP contribution in [-0.4, -0.2) is 14.3 Å². The molecule has 0 fully saturated rings. The molecule has 0 nitrogen and oxygen atoms in total. The molecule has 0 saturated heterocycles. The molecule has 0 amide bonds. The number of hydrogen-bond acceptors (Lipinski definition) is 0. The van der Waals surface area contributed by atoms with Crippen molar-refractivity contribution in [2.24, 2.45) is 0 Å². The Morgan fingerprint density at radius 2 is 1.29 bits per heavy atom. The smallest absolute Gasteiger partial charge is 0 e. The van der Waals surface area contributed by atoms with Gasteiger partial charge in [-0.3, -0.25) is 0 Å². The fourth-order valence-electron chi connectivity index (χ4n) is 0. The average molecular weight is 235 g/mol. The molecule has 0 aromatic heterocycles. The van der Waals surface area contributed by atoms with E-state index in [4.69, 9.17) is 0 Å². The van der Waals surface area contributed by atoms with Gasteiger partial charge in [0.1, 0.15) is 0 Å². The molecule has 0 aliphatic carbocycles. The van der Waals surface area contributed by atoms with Gasteiger partial charge in [-0.05, 0) is 0 Å². The molecule has 0 spiro atoms. The molecule has 0 rings (SSSR count). The summed E-state index contributed by atoms with van der Waals surface area (Å²) in [5.74, 6) is 4.81. The van der Waals surface area contributed by atoms with E-state index < -0.39 is 14.3 Å². The minimum atomic E-state index is -0.463. The van der Waals surface area contributed by atoms with Crippen LogP contribution in [0.15, 0.2) is 0 Å². The SMILES string of the molecule is C[CH](C)[Ge]([CH3])[CH3].[Y]. The predicted molar refractivity (Wildman–Crippen MR) is 32.6 cm³/mol. The van der Waals surface area contributed by atoms with Crippen LogP contribution in [0.5, 0.6) is 0 Å². The molecule has 2 heteroatoms. The molecule has 0 heterocycles. The molecule has 0 aliphatic heterocycles. The van der Waals surface area contributed by atoms with E-state index >= 15 is 0 Å². The molecule has 0 unspecified atom stereocenters. The molecular formula is C5H13GeY. The Hall–Kier alpha value is 1.65. The molecule has 0 aromatic carbocycles. The van der Waals surface area contributed by atoms with E-state index in [9.17, 15) is 0 Å². The zero-order valence-corrected chi connectivity index (χ0v) is 10.6. The van der Waals surface area contributed by atoms with Gasteiger partial charge in [-0.15, -0.1) is 0 Å². The van der Waals surface area contributed by atoms with Crippen molar-refractivity contribution in [2.75, 3.05) is 0 Å². The molecule has 0 N–H and O–H groups in total. The maximum absolute atomic E-state index is 2.41. The van der Waals surface area contributed by atoms with Crippen LogP contribution in [0.4, 0.5) is 0 Å². The standard InChI is InChI=1S/C5H13Ge.Y/c1-5(2)6(3)4;/h5H,1-4H3;. The van der Waals surface area contributed by atoms with Crippen LogP contribution in [-0.2, 0) is 32.7 Å². The van der Waals surface area contributed by atoms with Crippen LogP contribution in [0, 0.1) is 0 Å². The minimum Gasteiger partial charge on any atom is 0 e. The molecule has 0 saturated carbocycles. The van der Waals surface area contributed by atoms with E-state index in [1.165, 1.54) is 0 Å². The Bertz CT molecular complexity index is 29.1. The first-order chi connectivity index (χ1) is 2.64. The first-order valence-electron chi connectivity index (χ1n) is 2.44. The predicted octanol–water partition coefficient (Wildman–Crippen LogP) is 2.15. The van der Waals surface area contributed by atoms with Crippen molar-refractivity contribution in [1.29, 1.82) is 0 Å². The summed E-state index contributed by atoms with van der Waals surface area (Å²) in [5, 5.41) is 0. The maximum atomic E-state index is 2.41. The first-order valence-corrected chi connectivity index (χ1v) is 7.85. The molecule has 0 aromatic rings. The summed E-state index contributed by atoms with van der Waals surface area (Å²) in [6, 6.07) is 0. The van der Waals surface area contributed by atoms with E-state index in [0.29, 0.717) is 0 Å². The minimum absolute atomic E-state index is 0. The maximum Gasteiger partial charge on any atom is 0 e. The largest absolute Gasteiger partial charge is 0 e. The topological polar surface area (TPSA) is 0 Å². The van der Waals surface area contributed by atoms with Gasteiger partial charge in [0.05, 0.1) is 0 Å². The van der Waals surface area contributed by atoms with Gasteiger partial charge in [-0.2, -0.15) is 0 Å². The van der Waals surface area contributed by atoms with E-state index in [1.807, 2.05) is 0 Å². The number of hydrogen-bond donors (Lipinski definition) is 0. The normalized spacial score (nSPS) is 9.43. The van der Waals surface area contributed by atoms with Crippen LogP contribution in [0.1, 0.15) is 13.8 Å². The first kappa shape index (κ1) is 11.4. The Balaban J connectivity index is 0. The van der Waals surface area contributed by atoms with Crippen molar-refractivity contribution < 1.29 is 32.7 Å². The van der Waals surface area contributed by atoms with E-state index in [-0.39, 0.29) is 32.7 Å². The third-order valence-electron chi connectivity index (χ3n) is 1.15. The molecule has 40 valence electrons. The van der Waals surface area contributed by atoms with Gasteiger partial charge >= 0.3 is 44.5 Å². The zero-order chi connectivity index (χ0) is 5.15. The molecule has 0 aliphatic rings. The van der Waals surface area contributed by atoms with Gasteiger partial charge in [-0.25, -0.2) is 0 Å². The molecule has 0 atom stereocenters. The monoisotopic (exact) mass is 236 g/mol. The van der Waals surface area contributed by atoms with Gasteiger partial charge in [0, 0.05) is 32.7 Å². The van der Waals surface area contributed by atoms with Crippen molar-refractivity contribution >= 4 is 14.3 Å². The Morgan fingerprint density at radius 1 is 1.14 bits per heavy atom. The molecule has 7 heavy (non-hydrogen) atoms. The third kappa shape index (κ3) is 7.65. The zero-order valence-electron chi connectivity index (χ0n) is 5.65. The van der Waals surface area contributed by atoms with Gasteiger partial charge in [0.2, 0.25) is 0 Å². The molecule has 0 bridgehead atoms. The van der Waals surface area contributed by atoms with Crippen molar-refractivity contribution in [3.8, 4) is 0 Å². The van der Waals surface area contributed by atoms with Crippen molar-refractivity contribution in [2.45, 2.75) is 30.1 Å². The average Bonchev–Trinajstić information content (AvgIpc) is 1.36. The third-order valence-corrected chi connectivity index (χ3v) is 6.00. The quantitative estimate of drug-likeness (QED) is 0.610. The van der Waals surface area contributed by atoms with Crippen LogP contribution >= 0.6 is 0 Å². The summed E-state index contributed by atoms with van der Waals surface area (Å²) in [5.41, 5.74) is 0. The van der Waals surface area contributed by atoms with Gasteiger partial charge in [-0.1, -0.05) is 0 Å². The van der Waals surface area contributed by atoms with Crippen LogP contribution < -0.4 is 0 Å². The van der Waals surface area contributed by atoms with Crippen molar-refractivity contribution in [1.82, 2.24) is 0 Å². The van der Waals surface area contributed by atoms with E-state index in [2.05, 4.69) is 25.4 Å². The summed E-state index contributed by atoms with van der Waals surface area (Å²) < 4.78 is 1.02. The van der Waals surface area contributed by atoms with Gasteiger partial charge in [0.25, 0.3) is 0 Å². The second kappa shape index (κ2) is 5.78. The summed E-state index contributed by atoms with van der Waals surface area (Å²) in [4.78, 5) is 0. The second-order valence-electron chi connectivity index (χ2n) is 2.23.